The highest BCUT2D eigenvalue weighted by Gasteiger charge is 2.37. The quantitative estimate of drug-likeness (QED) is 0.493. The van der Waals surface area contributed by atoms with Crippen LogP contribution in [-0.2, 0) is 20.9 Å². The molecular formula is C22H18ClF3N4O4. The lowest BCUT2D eigenvalue weighted by Gasteiger charge is -2.12. The van der Waals surface area contributed by atoms with Gasteiger partial charge in [0.05, 0.1) is 18.7 Å². The standard InChI is InChI=1S/C22H18ClF3N4O4/c1-33-11-16-19(12-4-2-5-13(23)8-12)20-28-21(32)17(30(20)29-16)10-18(31)27-14-6-3-7-15(9-14)34-22(24,25)26/h2-9,17H,10-11H2,1H3,(H,27,31)(H,28,32). The number of halogens is 4. The second-order valence-electron chi connectivity index (χ2n) is 7.39. The number of benzene rings is 2. The van der Waals surface area contributed by atoms with E-state index < -0.39 is 30.0 Å². The second kappa shape index (κ2) is 9.35. The molecule has 0 bridgehead atoms. The van der Waals surface area contributed by atoms with E-state index in [1.54, 1.807) is 18.2 Å². The maximum Gasteiger partial charge on any atom is 0.573 e. The largest absolute Gasteiger partial charge is 0.573 e. The van der Waals surface area contributed by atoms with Gasteiger partial charge in [0.2, 0.25) is 5.91 Å². The third kappa shape index (κ3) is 5.15. The van der Waals surface area contributed by atoms with Gasteiger partial charge in [-0.3, -0.25) is 9.59 Å². The smallest absolute Gasteiger partial charge is 0.406 e. The van der Waals surface area contributed by atoms with Crippen LogP contribution in [0.3, 0.4) is 0 Å². The van der Waals surface area contributed by atoms with Gasteiger partial charge in [0.15, 0.2) is 0 Å². The second-order valence-corrected chi connectivity index (χ2v) is 7.83. The minimum absolute atomic E-state index is 0.0885. The molecule has 1 aromatic heterocycles. The van der Waals surface area contributed by atoms with Crippen LogP contribution in [0.25, 0.3) is 11.1 Å². The number of nitrogens with one attached hydrogen (secondary N) is 2. The lowest BCUT2D eigenvalue weighted by Crippen LogP contribution is -2.24. The van der Waals surface area contributed by atoms with Gasteiger partial charge in [-0.1, -0.05) is 29.8 Å². The molecule has 1 aliphatic rings. The molecule has 0 fully saturated rings. The van der Waals surface area contributed by atoms with E-state index >= 15 is 0 Å². The Kier molecular flexibility index (Phi) is 6.49. The van der Waals surface area contributed by atoms with E-state index in [9.17, 15) is 22.8 Å². The first-order chi connectivity index (χ1) is 16.1. The van der Waals surface area contributed by atoms with Gasteiger partial charge < -0.3 is 20.1 Å². The van der Waals surface area contributed by atoms with E-state index in [4.69, 9.17) is 16.3 Å². The monoisotopic (exact) mass is 494 g/mol. The number of fused-ring (bicyclic) bond motifs is 1. The van der Waals surface area contributed by atoms with Crippen LogP contribution in [0.5, 0.6) is 5.75 Å². The number of nitrogens with zero attached hydrogens (tertiary/aromatic N) is 2. The van der Waals surface area contributed by atoms with Crippen LogP contribution < -0.4 is 15.4 Å². The molecule has 3 aromatic rings. The predicted molar refractivity (Wildman–Crippen MR) is 117 cm³/mol. The zero-order chi connectivity index (χ0) is 24.5. The van der Waals surface area contributed by atoms with Gasteiger partial charge in [-0.2, -0.15) is 5.10 Å². The summed E-state index contributed by atoms with van der Waals surface area (Å²) in [5, 5.41) is 10.2. The molecule has 2 amide bonds. The Morgan fingerprint density at radius 1 is 1.24 bits per heavy atom. The maximum atomic E-state index is 12.7. The fourth-order valence-electron chi connectivity index (χ4n) is 3.66. The van der Waals surface area contributed by atoms with Crippen LogP contribution in [0.4, 0.5) is 24.7 Å². The van der Waals surface area contributed by atoms with Crippen molar-refractivity contribution in [2.75, 3.05) is 17.7 Å². The van der Waals surface area contributed by atoms with E-state index in [0.29, 0.717) is 27.7 Å². The predicted octanol–water partition coefficient (Wildman–Crippen LogP) is 4.77. The molecule has 2 aromatic carbocycles. The highest BCUT2D eigenvalue weighted by molar-refractivity contribution is 6.30. The first-order valence-corrected chi connectivity index (χ1v) is 10.3. The minimum Gasteiger partial charge on any atom is -0.406 e. The zero-order valence-electron chi connectivity index (χ0n) is 17.6. The first-order valence-electron chi connectivity index (χ1n) is 9.97. The Hall–Kier alpha value is -3.57. The van der Waals surface area contributed by atoms with Crippen molar-refractivity contribution in [1.29, 1.82) is 0 Å². The molecule has 1 unspecified atom stereocenters. The summed E-state index contributed by atoms with van der Waals surface area (Å²) >= 11 is 6.12. The van der Waals surface area contributed by atoms with Gasteiger partial charge >= 0.3 is 6.36 Å². The first kappa shape index (κ1) is 23.6. The molecule has 12 heteroatoms. The van der Waals surface area contributed by atoms with Crippen molar-refractivity contribution in [3.8, 4) is 16.9 Å². The number of methoxy groups -OCH3 is 1. The Labute approximate surface area is 196 Å². The highest BCUT2D eigenvalue weighted by atomic mass is 35.5. The molecule has 0 saturated carbocycles. The molecule has 34 heavy (non-hydrogen) atoms. The number of aromatic nitrogens is 2. The summed E-state index contributed by atoms with van der Waals surface area (Å²) in [6.45, 7) is 0.155. The van der Waals surface area contributed by atoms with Crippen LogP contribution in [0.2, 0.25) is 5.02 Å². The SMILES string of the molecule is COCc1nn2c(c1-c1cccc(Cl)c1)NC(=O)C2CC(=O)Nc1cccc(OC(F)(F)F)c1. The van der Waals surface area contributed by atoms with Crippen LogP contribution in [0, 0.1) is 0 Å². The molecular weight excluding hydrogens is 477 g/mol. The van der Waals surface area contributed by atoms with Crippen molar-refractivity contribution >= 4 is 34.9 Å². The number of anilines is 2. The molecule has 0 saturated heterocycles. The van der Waals surface area contributed by atoms with Crippen molar-refractivity contribution in [1.82, 2.24) is 9.78 Å². The average Bonchev–Trinajstić information content (AvgIpc) is 3.22. The number of hydrogen-bond acceptors (Lipinski definition) is 5. The van der Waals surface area contributed by atoms with Crippen LogP contribution >= 0.6 is 11.6 Å². The molecule has 0 spiro atoms. The number of hydrogen-bond donors (Lipinski definition) is 2. The van der Waals surface area contributed by atoms with E-state index in [-0.39, 0.29) is 18.7 Å². The number of rotatable bonds is 7. The number of amides is 2. The molecule has 1 aliphatic heterocycles. The summed E-state index contributed by atoms with van der Waals surface area (Å²) in [6.07, 6.45) is -5.16. The molecule has 0 aliphatic carbocycles. The van der Waals surface area contributed by atoms with E-state index in [1.807, 2.05) is 6.07 Å². The molecule has 8 nitrogen and oxygen atoms in total. The molecule has 178 valence electrons. The van der Waals surface area contributed by atoms with Crippen molar-refractivity contribution in [3.63, 3.8) is 0 Å². The Bertz CT molecular complexity index is 1250. The molecule has 0 radical (unpaired) electrons. The number of carbonyl (C=O) groups excluding carboxylic acids is 2. The molecule has 2 heterocycles. The van der Waals surface area contributed by atoms with Crippen LogP contribution in [0.1, 0.15) is 18.2 Å². The summed E-state index contributed by atoms with van der Waals surface area (Å²) in [5.74, 6) is -1.12. The Balaban J connectivity index is 1.56. The van der Waals surface area contributed by atoms with Gasteiger partial charge in [-0.15, -0.1) is 13.2 Å². The molecule has 1 atom stereocenters. The summed E-state index contributed by atoms with van der Waals surface area (Å²) in [6, 6.07) is 10.9. The third-order valence-corrected chi connectivity index (χ3v) is 5.18. The topological polar surface area (TPSA) is 94.5 Å². The summed E-state index contributed by atoms with van der Waals surface area (Å²) in [7, 11) is 1.51. The number of alkyl halides is 3. The normalized spacial score (nSPS) is 15.1. The zero-order valence-corrected chi connectivity index (χ0v) is 18.4. The minimum atomic E-state index is -4.86. The Morgan fingerprint density at radius 2 is 2.00 bits per heavy atom. The van der Waals surface area contributed by atoms with E-state index in [2.05, 4.69) is 20.5 Å². The van der Waals surface area contributed by atoms with E-state index in [0.717, 1.165) is 12.1 Å². The maximum absolute atomic E-state index is 12.7. The summed E-state index contributed by atoms with van der Waals surface area (Å²) in [4.78, 5) is 25.3. The average molecular weight is 495 g/mol. The fraction of sp³-hybridized carbons (Fsp3) is 0.227. The van der Waals surface area contributed by atoms with Gasteiger partial charge in [0, 0.05) is 29.4 Å². The van der Waals surface area contributed by atoms with Crippen molar-refractivity contribution < 1.29 is 32.2 Å². The lowest BCUT2D eigenvalue weighted by atomic mass is 10.1. The van der Waals surface area contributed by atoms with Crippen LogP contribution in [0.15, 0.2) is 48.5 Å². The van der Waals surface area contributed by atoms with Crippen molar-refractivity contribution in [3.05, 3.63) is 59.2 Å². The van der Waals surface area contributed by atoms with Gasteiger partial charge in [-0.05, 0) is 29.8 Å². The van der Waals surface area contributed by atoms with Crippen molar-refractivity contribution in [2.45, 2.75) is 25.4 Å². The Morgan fingerprint density at radius 3 is 2.71 bits per heavy atom. The summed E-state index contributed by atoms with van der Waals surface area (Å²) in [5.41, 5.74) is 1.97. The van der Waals surface area contributed by atoms with Crippen molar-refractivity contribution in [2.24, 2.45) is 0 Å². The van der Waals surface area contributed by atoms with Gasteiger partial charge in [-0.25, -0.2) is 4.68 Å². The number of ether oxygens (including phenoxy) is 2. The summed E-state index contributed by atoms with van der Waals surface area (Å²) < 4.78 is 47.8. The van der Waals surface area contributed by atoms with Gasteiger partial charge in [0.1, 0.15) is 17.6 Å². The number of carbonyl (C=O) groups is 2. The fourth-order valence-corrected chi connectivity index (χ4v) is 3.85. The third-order valence-electron chi connectivity index (χ3n) is 4.95. The molecule has 2 N–H and O–H groups in total. The van der Waals surface area contributed by atoms with E-state index in [1.165, 1.54) is 23.9 Å². The highest BCUT2D eigenvalue weighted by Crippen LogP contribution is 2.39. The molecule has 4 rings (SSSR count). The van der Waals surface area contributed by atoms with Crippen LogP contribution in [-0.4, -0.2) is 35.1 Å². The lowest BCUT2D eigenvalue weighted by molar-refractivity contribution is -0.274. The van der Waals surface area contributed by atoms with Gasteiger partial charge in [0.25, 0.3) is 5.91 Å².